The highest BCUT2D eigenvalue weighted by Gasteiger charge is 2.25. The van der Waals surface area contributed by atoms with Gasteiger partial charge in [0.1, 0.15) is 0 Å². The Hall–Kier alpha value is -2.31. The van der Waals surface area contributed by atoms with Gasteiger partial charge in [0.15, 0.2) is 0 Å². The van der Waals surface area contributed by atoms with E-state index in [0.717, 1.165) is 0 Å². The van der Waals surface area contributed by atoms with Crippen molar-refractivity contribution < 1.29 is 19.1 Å². The molecule has 21 heavy (non-hydrogen) atoms. The van der Waals surface area contributed by atoms with Crippen LogP contribution in [-0.2, 0) is 4.74 Å². The van der Waals surface area contributed by atoms with Gasteiger partial charge in [0.25, 0.3) is 5.91 Å². The molecule has 1 fully saturated rings. The van der Waals surface area contributed by atoms with Gasteiger partial charge < -0.3 is 19.3 Å². The summed E-state index contributed by atoms with van der Waals surface area (Å²) in [4.78, 5) is 31.2. The molecule has 7 heteroatoms. The number of methoxy groups -OCH3 is 1. The van der Waals surface area contributed by atoms with Crippen LogP contribution in [0.2, 0.25) is 0 Å². The molecule has 114 valence electrons. The fourth-order valence-electron chi connectivity index (χ4n) is 2.12. The van der Waals surface area contributed by atoms with E-state index >= 15 is 0 Å². The van der Waals surface area contributed by atoms with Crippen molar-refractivity contribution in [3.63, 3.8) is 0 Å². The van der Waals surface area contributed by atoms with Gasteiger partial charge in [-0.1, -0.05) is 0 Å². The third-order valence-corrected chi connectivity index (χ3v) is 3.29. The Balaban J connectivity index is 1.92. The lowest BCUT2D eigenvalue weighted by Gasteiger charge is -2.34. The molecule has 1 aliphatic rings. The summed E-state index contributed by atoms with van der Waals surface area (Å²) in [5.41, 5.74) is 0.514. The van der Waals surface area contributed by atoms with Crippen molar-refractivity contribution in [1.82, 2.24) is 14.8 Å². The van der Waals surface area contributed by atoms with Crippen molar-refractivity contribution in [2.45, 2.75) is 6.92 Å². The molecule has 1 aromatic rings. The van der Waals surface area contributed by atoms with E-state index in [1.54, 1.807) is 28.9 Å². The summed E-state index contributed by atoms with van der Waals surface area (Å²) in [7, 11) is 1.53. The summed E-state index contributed by atoms with van der Waals surface area (Å²) in [6.45, 7) is 4.07. The second-order valence-electron chi connectivity index (χ2n) is 4.57. The lowest BCUT2D eigenvalue weighted by Crippen LogP contribution is -2.50. The normalized spacial score (nSPS) is 14.8. The summed E-state index contributed by atoms with van der Waals surface area (Å²) < 4.78 is 9.91. The summed E-state index contributed by atoms with van der Waals surface area (Å²) in [6, 6.07) is 3.34. The average Bonchev–Trinajstić information content (AvgIpc) is 2.54. The van der Waals surface area contributed by atoms with E-state index in [2.05, 4.69) is 4.98 Å². The molecule has 0 spiro atoms. The number of carbonyl (C=O) groups is 2. The molecule has 0 N–H and O–H groups in total. The Morgan fingerprint density at radius 2 is 1.86 bits per heavy atom. The van der Waals surface area contributed by atoms with Gasteiger partial charge in [-0.3, -0.25) is 4.79 Å². The van der Waals surface area contributed by atoms with Crippen LogP contribution in [-0.4, -0.2) is 66.7 Å². The Morgan fingerprint density at radius 3 is 2.38 bits per heavy atom. The summed E-state index contributed by atoms with van der Waals surface area (Å²) >= 11 is 0. The van der Waals surface area contributed by atoms with Crippen LogP contribution in [0.15, 0.2) is 18.3 Å². The van der Waals surface area contributed by atoms with Crippen LogP contribution in [0, 0.1) is 0 Å². The van der Waals surface area contributed by atoms with E-state index in [9.17, 15) is 9.59 Å². The highest BCUT2D eigenvalue weighted by Crippen LogP contribution is 2.11. The number of aromatic nitrogens is 1. The van der Waals surface area contributed by atoms with E-state index < -0.39 is 0 Å². The molecule has 2 heterocycles. The lowest BCUT2D eigenvalue weighted by molar-refractivity contribution is 0.0570. The Kier molecular flexibility index (Phi) is 4.97. The van der Waals surface area contributed by atoms with Gasteiger partial charge in [-0.15, -0.1) is 0 Å². The molecule has 2 rings (SSSR count). The van der Waals surface area contributed by atoms with Gasteiger partial charge in [-0.05, 0) is 13.0 Å². The van der Waals surface area contributed by atoms with E-state index in [4.69, 9.17) is 9.47 Å². The fraction of sp³-hybridized carbons (Fsp3) is 0.500. The quantitative estimate of drug-likeness (QED) is 0.831. The van der Waals surface area contributed by atoms with Gasteiger partial charge in [0.2, 0.25) is 5.88 Å². The van der Waals surface area contributed by atoms with Gasteiger partial charge in [-0.25, -0.2) is 9.78 Å². The number of piperazine rings is 1. The van der Waals surface area contributed by atoms with Crippen molar-refractivity contribution in [2.24, 2.45) is 0 Å². The molecule has 0 bridgehead atoms. The molecule has 0 saturated carbocycles. The number of rotatable bonds is 3. The minimum absolute atomic E-state index is 0.0892. The standard InChI is InChI=1S/C14H19N3O4/c1-3-21-14(19)17-8-6-16(7-9-17)13(18)11-4-5-12(20-2)15-10-11/h4-5,10H,3,6-9H2,1-2H3. The second-order valence-corrected chi connectivity index (χ2v) is 4.57. The monoisotopic (exact) mass is 293 g/mol. The molecular formula is C14H19N3O4. The number of nitrogens with zero attached hydrogens (tertiary/aromatic N) is 3. The van der Waals surface area contributed by atoms with Gasteiger partial charge >= 0.3 is 6.09 Å². The van der Waals surface area contributed by atoms with Crippen LogP contribution in [0.3, 0.4) is 0 Å². The summed E-state index contributed by atoms with van der Waals surface area (Å²) in [6.07, 6.45) is 1.18. The van der Waals surface area contributed by atoms with Crippen LogP contribution in [0.5, 0.6) is 5.88 Å². The smallest absolute Gasteiger partial charge is 0.409 e. The minimum atomic E-state index is -0.323. The maximum absolute atomic E-state index is 12.3. The SMILES string of the molecule is CCOC(=O)N1CCN(C(=O)c2ccc(OC)nc2)CC1. The van der Waals surface area contributed by atoms with Crippen LogP contribution in [0.1, 0.15) is 17.3 Å². The Morgan fingerprint density at radius 1 is 1.19 bits per heavy atom. The van der Waals surface area contributed by atoms with Crippen molar-refractivity contribution in [2.75, 3.05) is 39.9 Å². The van der Waals surface area contributed by atoms with Gasteiger partial charge in [-0.2, -0.15) is 0 Å². The molecule has 2 amide bonds. The number of pyridine rings is 1. The average molecular weight is 293 g/mol. The molecule has 0 radical (unpaired) electrons. The Bertz CT molecular complexity index is 495. The molecule has 7 nitrogen and oxygen atoms in total. The topological polar surface area (TPSA) is 72.0 Å². The van der Waals surface area contributed by atoms with Crippen molar-refractivity contribution in [3.05, 3.63) is 23.9 Å². The highest BCUT2D eigenvalue weighted by atomic mass is 16.6. The predicted octanol–water partition coefficient (Wildman–Crippen LogP) is 1.00. The maximum atomic E-state index is 12.3. The van der Waals surface area contributed by atoms with Crippen molar-refractivity contribution >= 4 is 12.0 Å². The van der Waals surface area contributed by atoms with Crippen molar-refractivity contribution in [1.29, 1.82) is 0 Å². The fourth-order valence-corrected chi connectivity index (χ4v) is 2.12. The van der Waals surface area contributed by atoms with Crippen LogP contribution >= 0.6 is 0 Å². The maximum Gasteiger partial charge on any atom is 0.409 e. The minimum Gasteiger partial charge on any atom is -0.481 e. The van der Waals surface area contributed by atoms with Crippen LogP contribution in [0.25, 0.3) is 0 Å². The highest BCUT2D eigenvalue weighted by molar-refractivity contribution is 5.94. The number of hydrogen-bond acceptors (Lipinski definition) is 5. The van der Waals surface area contributed by atoms with E-state index in [-0.39, 0.29) is 12.0 Å². The lowest BCUT2D eigenvalue weighted by atomic mass is 10.2. The first-order valence-electron chi connectivity index (χ1n) is 6.86. The first kappa shape index (κ1) is 15.1. The number of hydrogen-bond donors (Lipinski definition) is 0. The predicted molar refractivity (Wildman–Crippen MR) is 75.3 cm³/mol. The summed E-state index contributed by atoms with van der Waals surface area (Å²) in [5, 5.41) is 0. The van der Waals surface area contributed by atoms with E-state index in [1.165, 1.54) is 13.3 Å². The number of ether oxygens (including phenoxy) is 2. The van der Waals surface area contributed by atoms with Crippen molar-refractivity contribution in [3.8, 4) is 5.88 Å². The molecular weight excluding hydrogens is 274 g/mol. The second kappa shape index (κ2) is 6.92. The number of amides is 2. The molecule has 0 aliphatic carbocycles. The summed E-state index contributed by atoms with van der Waals surface area (Å²) in [5.74, 6) is 0.382. The van der Waals surface area contributed by atoms with E-state index in [1.807, 2.05) is 0 Å². The van der Waals surface area contributed by atoms with Crippen LogP contribution < -0.4 is 4.74 Å². The molecule has 0 aromatic carbocycles. The molecule has 1 saturated heterocycles. The first-order valence-corrected chi connectivity index (χ1v) is 6.86. The third kappa shape index (κ3) is 3.62. The molecule has 0 unspecified atom stereocenters. The largest absolute Gasteiger partial charge is 0.481 e. The molecule has 1 aliphatic heterocycles. The number of carbonyl (C=O) groups excluding carboxylic acids is 2. The van der Waals surface area contributed by atoms with Crippen LogP contribution in [0.4, 0.5) is 4.79 Å². The van der Waals surface area contributed by atoms with Gasteiger partial charge in [0.05, 0.1) is 19.3 Å². The first-order chi connectivity index (χ1) is 10.2. The zero-order chi connectivity index (χ0) is 15.2. The zero-order valence-corrected chi connectivity index (χ0v) is 12.2. The van der Waals surface area contributed by atoms with E-state index in [0.29, 0.717) is 44.2 Å². The molecule has 1 aromatic heterocycles. The molecule has 0 atom stereocenters. The third-order valence-electron chi connectivity index (χ3n) is 3.29. The Labute approximate surface area is 123 Å². The zero-order valence-electron chi connectivity index (χ0n) is 12.2. The van der Waals surface area contributed by atoms with Gasteiger partial charge in [0, 0.05) is 38.4 Å².